The molecule has 1 amide bonds. The van der Waals surface area contributed by atoms with Gasteiger partial charge in [-0.1, -0.05) is 35.9 Å². The van der Waals surface area contributed by atoms with Crippen LogP contribution in [-0.2, 0) is 4.79 Å². The SMILES string of the molecule is O=CNc1cccc2[nH]c(-c3cccc(OCCCN4CCN(c5cccc(Cl)c5)CC4)c3)nc12. The van der Waals surface area contributed by atoms with E-state index in [2.05, 4.69) is 31.2 Å². The van der Waals surface area contributed by atoms with E-state index < -0.39 is 0 Å². The smallest absolute Gasteiger partial charge is 0.211 e. The molecule has 5 rings (SSSR count). The number of amides is 1. The molecule has 0 saturated carbocycles. The molecule has 180 valence electrons. The molecule has 0 unspecified atom stereocenters. The molecular weight excluding hydrogens is 462 g/mol. The van der Waals surface area contributed by atoms with Gasteiger partial charge in [0, 0.05) is 49.0 Å². The van der Waals surface area contributed by atoms with Crippen LogP contribution in [-0.4, -0.2) is 60.6 Å². The number of halogens is 1. The number of piperazine rings is 1. The maximum absolute atomic E-state index is 10.9. The molecule has 1 saturated heterocycles. The molecule has 0 spiro atoms. The number of H-pyrrole nitrogens is 1. The van der Waals surface area contributed by atoms with E-state index in [4.69, 9.17) is 16.3 Å². The predicted molar refractivity (Wildman–Crippen MR) is 141 cm³/mol. The Labute approximate surface area is 209 Å². The molecule has 0 aliphatic carbocycles. The lowest BCUT2D eigenvalue weighted by molar-refractivity contribution is -0.105. The summed E-state index contributed by atoms with van der Waals surface area (Å²) in [6.45, 7) is 5.75. The molecule has 0 radical (unpaired) electrons. The number of para-hydroxylation sites is 1. The maximum Gasteiger partial charge on any atom is 0.211 e. The van der Waals surface area contributed by atoms with Crippen molar-refractivity contribution in [3.8, 4) is 17.1 Å². The van der Waals surface area contributed by atoms with Crippen LogP contribution in [0.15, 0.2) is 66.7 Å². The summed E-state index contributed by atoms with van der Waals surface area (Å²) in [6, 6.07) is 21.7. The van der Waals surface area contributed by atoms with Gasteiger partial charge in [0.1, 0.15) is 17.1 Å². The van der Waals surface area contributed by atoms with Crippen molar-refractivity contribution in [2.45, 2.75) is 6.42 Å². The van der Waals surface area contributed by atoms with Gasteiger partial charge < -0.3 is 19.9 Å². The second-order valence-electron chi connectivity index (χ2n) is 8.59. The number of aromatic nitrogens is 2. The topological polar surface area (TPSA) is 73.5 Å². The summed E-state index contributed by atoms with van der Waals surface area (Å²) in [4.78, 5) is 23.8. The van der Waals surface area contributed by atoms with E-state index in [1.807, 2.05) is 60.7 Å². The van der Waals surface area contributed by atoms with Crippen LogP contribution in [0, 0.1) is 0 Å². The second kappa shape index (κ2) is 10.8. The van der Waals surface area contributed by atoms with E-state index in [-0.39, 0.29) is 0 Å². The fourth-order valence-corrected chi connectivity index (χ4v) is 4.65. The van der Waals surface area contributed by atoms with Crippen molar-refractivity contribution in [1.82, 2.24) is 14.9 Å². The lowest BCUT2D eigenvalue weighted by atomic mass is 10.2. The van der Waals surface area contributed by atoms with Gasteiger partial charge in [-0.2, -0.15) is 0 Å². The third-order valence-corrected chi connectivity index (χ3v) is 6.50. The standard InChI is InChI=1S/C27H28ClN5O2/c28-21-6-2-7-22(18-21)33-14-12-32(13-15-33)11-4-16-35-23-8-1-5-20(17-23)27-30-25-10-3-9-24(29-19-34)26(25)31-27/h1-3,5-10,17-19H,4,11-16H2,(H,29,34)(H,30,31). The van der Waals surface area contributed by atoms with E-state index in [9.17, 15) is 4.79 Å². The fourth-order valence-electron chi connectivity index (χ4n) is 4.46. The van der Waals surface area contributed by atoms with Crippen molar-refractivity contribution in [3.05, 3.63) is 71.8 Å². The molecule has 0 bridgehead atoms. The molecule has 8 heteroatoms. The number of nitrogens with zero attached hydrogens (tertiary/aromatic N) is 3. The summed E-state index contributed by atoms with van der Waals surface area (Å²) in [5, 5.41) is 3.48. The number of carbonyl (C=O) groups is 1. The number of hydrogen-bond donors (Lipinski definition) is 2. The number of ether oxygens (including phenoxy) is 1. The van der Waals surface area contributed by atoms with Gasteiger partial charge in [0.25, 0.3) is 0 Å². The van der Waals surface area contributed by atoms with Crippen LogP contribution in [0.4, 0.5) is 11.4 Å². The van der Waals surface area contributed by atoms with Gasteiger partial charge in [-0.25, -0.2) is 4.98 Å². The van der Waals surface area contributed by atoms with Crippen LogP contribution in [0.25, 0.3) is 22.4 Å². The van der Waals surface area contributed by atoms with Gasteiger partial charge in [0.2, 0.25) is 6.41 Å². The highest BCUT2D eigenvalue weighted by atomic mass is 35.5. The average molecular weight is 490 g/mol. The quantitative estimate of drug-likeness (QED) is 0.254. The van der Waals surface area contributed by atoms with Gasteiger partial charge in [-0.05, 0) is 48.9 Å². The normalized spacial score (nSPS) is 14.3. The van der Waals surface area contributed by atoms with Crippen LogP contribution >= 0.6 is 11.6 Å². The highest BCUT2D eigenvalue weighted by Crippen LogP contribution is 2.27. The average Bonchev–Trinajstić information content (AvgIpc) is 3.33. The molecule has 4 aromatic rings. The Morgan fingerprint density at radius 1 is 1.03 bits per heavy atom. The molecule has 35 heavy (non-hydrogen) atoms. The Morgan fingerprint density at radius 2 is 1.86 bits per heavy atom. The zero-order chi connectivity index (χ0) is 24.0. The fraction of sp³-hybridized carbons (Fsp3) is 0.259. The number of imidazole rings is 1. The molecule has 1 fully saturated rings. The Balaban J connectivity index is 1.12. The number of rotatable bonds is 9. The molecule has 7 nitrogen and oxygen atoms in total. The second-order valence-corrected chi connectivity index (χ2v) is 9.02. The first-order valence-corrected chi connectivity index (χ1v) is 12.2. The maximum atomic E-state index is 10.9. The van der Waals surface area contributed by atoms with Crippen LogP contribution in [0.2, 0.25) is 5.02 Å². The minimum absolute atomic E-state index is 0.658. The van der Waals surface area contributed by atoms with Gasteiger partial charge in [0.05, 0.1) is 17.8 Å². The molecule has 1 aromatic heterocycles. The number of anilines is 2. The molecular formula is C27H28ClN5O2. The van der Waals surface area contributed by atoms with Crippen molar-refractivity contribution in [3.63, 3.8) is 0 Å². The Kier molecular flexibility index (Phi) is 7.16. The van der Waals surface area contributed by atoms with Crippen molar-refractivity contribution in [2.24, 2.45) is 0 Å². The highest BCUT2D eigenvalue weighted by molar-refractivity contribution is 6.30. The summed E-state index contributed by atoms with van der Waals surface area (Å²) in [7, 11) is 0. The zero-order valence-corrected chi connectivity index (χ0v) is 20.2. The first kappa shape index (κ1) is 23.2. The Bertz CT molecular complexity index is 1300. The largest absolute Gasteiger partial charge is 0.494 e. The summed E-state index contributed by atoms with van der Waals surface area (Å²) in [5.74, 6) is 1.56. The van der Waals surface area contributed by atoms with E-state index >= 15 is 0 Å². The predicted octanol–water partition coefficient (Wildman–Crippen LogP) is 5.04. The first-order chi connectivity index (χ1) is 17.2. The third kappa shape index (κ3) is 5.58. The number of aromatic amines is 1. The molecule has 2 N–H and O–H groups in total. The van der Waals surface area contributed by atoms with Gasteiger partial charge >= 0.3 is 0 Å². The van der Waals surface area contributed by atoms with E-state index in [0.29, 0.717) is 18.7 Å². The first-order valence-electron chi connectivity index (χ1n) is 11.8. The van der Waals surface area contributed by atoms with Crippen molar-refractivity contribution >= 4 is 40.4 Å². The summed E-state index contributed by atoms with van der Waals surface area (Å²) >= 11 is 6.14. The Hall–Kier alpha value is -3.55. The third-order valence-electron chi connectivity index (χ3n) is 6.27. The lowest BCUT2D eigenvalue weighted by Gasteiger charge is -2.36. The van der Waals surface area contributed by atoms with Crippen LogP contribution in [0.5, 0.6) is 5.75 Å². The van der Waals surface area contributed by atoms with E-state index in [0.717, 1.165) is 72.3 Å². The van der Waals surface area contributed by atoms with Crippen LogP contribution in [0.1, 0.15) is 6.42 Å². The van der Waals surface area contributed by atoms with Crippen molar-refractivity contribution in [1.29, 1.82) is 0 Å². The van der Waals surface area contributed by atoms with Crippen molar-refractivity contribution in [2.75, 3.05) is 49.5 Å². The van der Waals surface area contributed by atoms with Crippen LogP contribution < -0.4 is 15.0 Å². The Morgan fingerprint density at radius 3 is 2.69 bits per heavy atom. The minimum atomic E-state index is 0.658. The number of fused-ring (bicyclic) bond motifs is 1. The van der Waals surface area contributed by atoms with Gasteiger partial charge in [-0.3, -0.25) is 9.69 Å². The summed E-state index contributed by atoms with van der Waals surface area (Å²) < 4.78 is 6.05. The van der Waals surface area contributed by atoms with Crippen LogP contribution in [0.3, 0.4) is 0 Å². The number of nitrogens with one attached hydrogen (secondary N) is 2. The summed E-state index contributed by atoms with van der Waals surface area (Å²) in [6.07, 6.45) is 1.63. The summed E-state index contributed by atoms with van der Waals surface area (Å²) in [5.41, 5.74) is 4.42. The van der Waals surface area contributed by atoms with E-state index in [1.165, 1.54) is 5.69 Å². The molecule has 2 heterocycles. The molecule has 1 aliphatic heterocycles. The van der Waals surface area contributed by atoms with Gasteiger partial charge in [0.15, 0.2) is 0 Å². The highest BCUT2D eigenvalue weighted by Gasteiger charge is 2.17. The molecule has 1 aliphatic rings. The number of carbonyl (C=O) groups excluding carboxylic acids is 1. The number of benzene rings is 3. The zero-order valence-electron chi connectivity index (χ0n) is 19.4. The van der Waals surface area contributed by atoms with E-state index in [1.54, 1.807) is 0 Å². The monoisotopic (exact) mass is 489 g/mol. The lowest BCUT2D eigenvalue weighted by Crippen LogP contribution is -2.46. The van der Waals surface area contributed by atoms with Crippen molar-refractivity contribution < 1.29 is 9.53 Å². The molecule has 3 aromatic carbocycles. The molecule has 0 atom stereocenters. The minimum Gasteiger partial charge on any atom is -0.494 e. The van der Waals surface area contributed by atoms with Gasteiger partial charge in [-0.15, -0.1) is 0 Å². The number of hydrogen-bond acceptors (Lipinski definition) is 5.